The van der Waals surface area contributed by atoms with Crippen molar-refractivity contribution in [3.63, 3.8) is 0 Å². The van der Waals surface area contributed by atoms with Gasteiger partial charge >= 0.3 is 0 Å². The molecule has 0 saturated carbocycles. The Morgan fingerprint density at radius 3 is 2.40 bits per heavy atom. The van der Waals surface area contributed by atoms with Crippen molar-refractivity contribution in [2.24, 2.45) is 5.73 Å². The van der Waals surface area contributed by atoms with Crippen LogP contribution in [0.15, 0.2) is 42.5 Å². The Bertz CT molecular complexity index is 621. The smallest absolute Gasteiger partial charge is 0.255 e. The van der Waals surface area contributed by atoms with E-state index in [1.54, 1.807) is 19.1 Å². The van der Waals surface area contributed by atoms with Gasteiger partial charge in [-0.2, -0.15) is 0 Å². The lowest BCUT2D eigenvalue weighted by Gasteiger charge is -2.10. The Morgan fingerprint density at radius 1 is 1.20 bits per heavy atom. The highest BCUT2D eigenvalue weighted by Crippen LogP contribution is 2.16. The topological polar surface area (TPSA) is 55.1 Å². The number of rotatable bonds is 3. The third kappa shape index (κ3) is 3.22. The Balaban J connectivity index is 2.15. The maximum Gasteiger partial charge on any atom is 0.255 e. The van der Waals surface area contributed by atoms with E-state index < -0.39 is 0 Å². The molecule has 0 aromatic heterocycles. The summed E-state index contributed by atoms with van der Waals surface area (Å²) in [6, 6.07) is 11.4. The Morgan fingerprint density at radius 2 is 1.85 bits per heavy atom. The van der Waals surface area contributed by atoms with Gasteiger partial charge < -0.3 is 11.1 Å². The molecule has 1 unspecified atom stereocenters. The molecule has 0 bridgehead atoms. The van der Waals surface area contributed by atoms with E-state index in [0.29, 0.717) is 16.8 Å². The monoisotopic (exact) mass is 272 g/mol. The lowest BCUT2D eigenvalue weighted by Crippen LogP contribution is -2.13. The number of anilines is 1. The molecule has 104 valence electrons. The van der Waals surface area contributed by atoms with Gasteiger partial charge in [0, 0.05) is 17.3 Å². The van der Waals surface area contributed by atoms with Crippen molar-refractivity contribution < 1.29 is 9.18 Å². The van der Waals surface area contributed by atoms with Crippen LogP contribution < -0.4 is 11.1 Å². The first-order chi connectivity index (χ1) is 9.47. The summed E-state index contributed by atoms with van der Waals surface area (Å²) in [5.74, 6) is -0.601. The van der Waals surface area contributed by atoms with E-state index >= 15 is 0 Å². The molecule has 0 fully saturated rings. The molecule has 0 aliphatic rings. The molecular weight excluding hydrogens is 255 g/mol. The zero-order valence-electron chi connectivity index (χ0n) is 11.5. The zero-order chi connectivity index (χ0) is 14.7. The molecule has 4 heteroatoms. The summed E-state index contributed by atoms with van der Waals surface area (Å²) in [5.41, 5.74) is 8.52. The summed E-state index contributed by atoms with van der Waals surface area (Å²) < 4.78 is 13.0. The van der Waals surface area contributed by atoms with Crippen LogP contribution in [0.4, 0.5) is 10.1 Å². The molecule has 1 amide bonds. The second kappa shape index (κ2) is 5.84. The molecule has 2 rings (SSSR count). The number of nitrogens with one attached hydrogen (secondary N) is 1. The van der Waals surface area contributed by atoms with Gasteiger partial charge in [0.25, 0.3) is 5.91 Å². The molecular formula is C16H17FN2O. The number of aryl methyl sites for hydroxylation is 1. The highest BCUT2D eigenvalue weighted by molar-refractivity contribution is 6.05. The lowest BCUT2D eigenvalue weighted by atomic mass is 10.1. The standard InChI is InChI=1S/C16H17FN2O/c1-10-9-13(17)5-8-15(10)16(20)19-14-6-3-12(4-7-14)11(2)18/h3-9,11H,18H2,1-2H3,(H,19,20). The number of hydrogen-bond acceptors (Lipinski definition) is 2. The molecule has 0 aliphatic carbocycles. The van der Waals surface area contributed by atoms with Crippen LogP contribution in [-0.2, 0) is 0 Å². The lowest BCUT2D eigenvalue weighted by molar-refractivity contribution is 0.102. The van der Waals surface area contributed by atoms with Crippen molar-refractivity contribution in [1.82, 2.24) is 0 Å². The number of hydrogen-bond donors (Lipinski definition) is 2. The third-order valence-corrected chi connectivity index (χ3v) is 3.13. The van der Waals surface area contributed by atoms with Crippen LogP contribution in [0.3, 0.4) is 0 Å². The first-order valence-electron chi connectivity index (χ1n) is 6.40. The summed E-state index contributed by atoms with van der Waals surface area (Å²) >= 11 is 0. The van der Waals surface area contributed by atoms with Crippen molar-refractivity contribution in [2.75, 3.05) is 5.32 Å². The summed E-state index contributed by atoms with van der Waals surface area (Å²) in [6.45, 7) is 3.60. The number of carbonyl (C=O) groups excluding carboxylic acids is 1. The minimum Gasteiger partial charge on any atom is -0.324 e. The second-order valence-corrected chi connectivity index (χ2v) is 4.82. The molecule has 1 atom stereocenters. The molecule has 0 heterocycles. The average Bonchev–Trinajstić information content (AvgIpc) is 2.39. The van der Waals surface area contributed by atoms with Gasteiger partial charge in [-0.15, -0.1) is 0 Å². The van der Waals surface area contributed by atoms with E-state index in [2.05, 4.69) is 5.32 Å². The SMILES string of the molecule is Cc1cc(F)ccc1C(=O)Nc1ccc(C(C)N)cc1. The van der Waals surface area contributed by atoms with Crippen LogP contribution in [-0.4, -0.2) is 5.91 Å². The maximum absolute atomic E-state index is 13.0. The quantitative estimate of drug-likeness (QED) is 0.899. The number of halogens is 1. The molecule has 0 spiro atoms. The van der Waals surface area contributed by atoms with Crippen molar-refractivity contribution in [1.29, 1.82) is 0 Å². The minimum absolute atomic E-state index is 0.0425. The van der Waals surface area contributed by atoms with Gasteiger partial charge in [-0.1, -0.05) is 12.1 Å². The van der Waals surface area contributed by atoms with Crippen LogP contribution in [0.5, 0.6) is 0 Å². The van der Waals surface area contributed by atoms with E-state index in [1.807, 2.05) is 19.1 Å². The molecule has 20 heavy (non-hydrogen) atoms. The van der Waals surface area contributed by atoms with E-state index in [4.69, 9.17) is 5.73 Å². The molecule has 2 aromatic rings. The Labute approximate surface area is 117 Å². The summed E-state index contributed by atoms with van der Waals surface area (Å²) in [5, 5.41) is 2.78. The highest BCUT2D eigenvalue weighted by atomic mass is 19.1. The van der Waals surface area contributed by atoms with Crippen LogP contribution in [0, 0.1) is 12.7 Å². The van der Waals surface area contributed by atoms with E-state index in [-0.39, 0.29) is 17.8 Å². The average molecular weight is 272 g/mol. The summed E-state index contributed by atoms with van der Waals surface area (Å²) in [6.07, 6.45) is 0. The predicted molar refractivity (Wildman–Crippen MR) is 78.1 cm³/mol. The molecule has 3 N–H and O–H groups in total. The van der Waals surface area contributed by atoms with Gasteiger partial charge in [-0.3, -0.25) is 4.79 Å². The van der Waals surface area contributed by atoms with Gasteiger partial charge in [0.2, 0.25) is 0 Å². The fourth-order valence-corrected chi connectivity index (χ4v) is 1.95. The van der Waals surface area contributed by atoms with Crippen molar-refractivity contribution in [3.8, 4) is 0 Å². The summed E-state index contributed by atoms with van der Waals surface area (Å²) in [7, 11) is 0. The number of carbonyl (C=O) groups is 1. The first-order valence-corrected chi connectivity index (χ1v) is 6.40. The Hall–Kier alpha value is -2.20. The fourth-order valence-electron chi connectivity index (χ4n) is 1.95. The van der Waals surface area contributed by atoms with E-state index in [9.17, 15) is 9.18 Å². The molecule has 3 nitrogen and oxygen atoms in total. The largest absolute Gasteiger partial charge is 0.324 e. The van der Waals surface area contributed by atoms with Crippen LogP contribution in [0.1, 0.15) is 34.5 Å². The second-order valence-electron chi connectivity index (χ2n) is 4.82. The highest BCUT2D eigenvalue weighted by Gasteiger charge is 2.10. The number of benzene rings is 2. The maximum atomic E-state index is 13.0. The summed E-state index contributed by atoms with van der Waals surface area (Å²) in [4.78, 5) is 12.1. The van der Waals surface area contributed by atoms with E-state index in [1.165, 1.54) is 18.2 Å². The van der Waals surface area contributed by atoms with Gasteiger partial charge in [-0.25, -0.2) is 4.39 Å². The molecule has 0 saturated heterocycles. The van der Waals surface area contributed by atoms with Crippen LogP contribution >= 0.6 is 0 Å². The molecule has 0 radical (unpaired) electrons. The predicted octanol–water partition coefficient (Wildman–Crippen LogP) is 3.41. The normalized spacial score (nSPS) is 12.0. The van der Waals surface area contributed by atoms with Crippen molar-refractivity contribution >= 4 is 11.6 Å². The first kappa shape index (κ1) is 14.2. The number of nitrogens with two attached hydrogens (primary N) is 1. The minimum atomic E-state index is -0.347. The van der Waals surface area contributed by atoms with Gasteiger partial charge in [0.1, 0.15) is 5.82 Å². The Kier molecular flexibility index (Phi) is 4.15. The van der Waals surface area contributed by atoms with E-state index in [0.717, 1.165) is 5.56 Å². The van der Waals surface area contributed by atoms with Gasteiger partial charge in [-0.05, 0) is 55.3 Å². The molecule has 2 aromatic carbocycles. The zero-order valence-corrected chi connectivity index (χ0v) is 11.5. The number of amides is 1. The van der Waals surface area contributed by atoms with Crippen molar-refractivity contribution in [2.45, 2.75) is 19.9 Å². The van der Waals surface area contributed by atoms with Gasteiger partial charge in [0.05, 0.1) is 0 Å². The van der Waals surface area contributed by atoms with Crippen LogP contribution in [0.25, 0.3) is 0 Å². The van der Waals surface area contributed by atoms with Crippen LogP contribution in [0.2, 0.25) is 0 Å². The van der Waals surface area contributed by atoms with Crippen molar-refractivity contribution in [3.05, 3.63) is 65.0 Å². The third-order valence-electron chi connectivity index (χ3n) is 3.13. The van der Waals surface area contributed by atoms with Gasteiger partial charge in [0.15, 0.2) is 0 Å². The fraction of sp³-hybridized carbons (Fsp3) is 0.188. The molecule has 0 aliphatic heterocycles.